The van der Waals surface area contributed by atoms with E-state index in [-0.39, 0.29) is 6.61 Å². The molecule has 3 nitrogen and oxygen atoms in total. The SMILES string of the molecule is CCc1ccc(-c2nc3cc(C)c(Br)cn3c2CO)cc1. The number of hydrogen-bond acceptors (Lipinski definition) is 2. The van der Waals surface area contributed by atoms with Gasteiger partial charge in [-0.05, 0) is 46.5 Å². The number of hydrogen-bond donors (Lipinski definition) is 1. The Morgan fingerprint density at radius 2 is 1.95 bits per heavy atom. The summed E-state index contributed by atoms with van der Waals surface area (Å²) in [6.07, 6.45) is 2.98. The smallest absolute Gasteiger partial charge is 0.138 e. The number of imidazole rings is 1. The van der Waals surface area contributed by atoms with Crippen LogP contribution in [0.1, 0.15) is 23.7 Å². The van der Waals surface area contributed by atoms with Crippen molar-refractivity contribution in [2.24, 2.45) is 0 Å². The van der Waals surface area contributed by atoms with Gasteiger partial charge in [-0.25, -0.2) is 4.98 Å². The number of benzene rings is 1. The van der Waals surface area contributed by atoms with Crippen molar-refractivity contribution in [3.63, 3.8) is 0 Å². The highest BCUT2D eigenvalue weighted by molar-refractivity contribution is 9.10. The van der Waals surface area contributed by atoms with Gasteiger partial charge in [-0.15, -0.1) is 0 Å². The summed E-state index contributed by atoms with van der Waals surface area (Å²) in [6, 6.07) is 10.4. The molecule has 0 aliphatic carbocycles. The highest BCUT2D eigenvalue weighted by Crippen LogP contribution is 2.27. The first-order valence-corrected chi connectivity index (χ1v) is 7.80. The lowest BCUT2D eigenvalue weighted by Gasteiger charge is -2.04. The average Bonchev–Trinajstić information content (AvgIpc) is 2.85. The molecule has 0 amide bonds. The summed E-state index contributed by atoms with van der Waals surface area (Å²) in [5.74, 6) is 0. The van der Waals surface area contributed by atoms with Crippen LogP contribution in [0.4, 0.5) is 0 Å². The van der Waals surface area contributed by atoms with Crippen molar-refractivity contribution in [1.29, 1.82) is 0 Å². The lowest BCUT2D eigenvalue weighted by Crippen LogP contribution is -1.95. The number of aromatic nitrogens is 2. The first kappa shape index (κ1) is 14.3. The minimum atomic E-state index is -0.0401. The second-order valence-corrected chi connectivity index (χ2v) is 6.00. The number of pyridine rings is 1. The average molecular weight is 345 g/mol. The van der Waals surface area contributed by atoms with E-state index < -0.39 is 0 Å². The lowest BCUT2D eigenvalue weighted by atomic mass is 10.1. The number of fused-ring (bicyclic) bond motifs is 1. The number of halogens is 1. The maximum Gasteiger partial charge on any atom is 0.138 e. The number of aliphatic hydroxyl groups excluding tert-OH is 1. The van der Waals surface area contributed by atoms with Crippen molar-refractivity contribution in [3.8, 4) is 11.3 Å². The second-order valence-electron chi connectivity index (χ2n) is 5.15. The molecule has 1 aromatic carbocycles. The quantitative estimate of drug-likeness (QED) is 0.775. The van der Waals surface area contributed by atoms with Gasteiger partial charge in [-0.1, -0.05) is 31.2 Å². The largest absolute Gasteiger partial charge is 0.390 e. The molecule has 0 radical (unpaired) electrons. The van der Waals surface area contributed by atoms with Crippen molar-refractivity contribution in [1.82, 2.24) is 9.38 Å². The van der Waals surface area contributed by atoms with Gasteiger partial charge in [-0.3, -0.25) is 4.40 Å². The summed E-state index contributed by atoms with van der Waals surface area (Å²) in [6.45, 7) is 4.13. The number of aliphatic hydroxyl groups is 1. The van der Waals surface area contributed by atoms with Gasteiger partial charge in [0, 0.05) is 16.2 Å². The van der Waals surface area contributed by atoms with Gasteiger partial charge in [0.05, 0.1) is 18.0 Å². The van der Waals surface area contributed by atoms with E-state index in [2.05, 4.69) is 47.1 Å². The van der Waals surface area contributed by atoms with Gasteiger partial charge in [0.2, 0.25) is 0 Å². The van der Waals surface area contributed by atoms with E-state index in [1.807, 2.05) is 23.6 Å². The molecule has 0 unspecified atom stereocenters. The number of aryl methyl sites for hydroxylation is 2. The molecule has 0 saturated carbocycles. The van der Waals surface area contributed by atoms with Crippen LogP contribution in [0.5, 0.6) is 0 Å². The monoisotopic (exact) mass is 344 g/mol. The standard InChI is InChI=1S/C17H17BrN2O/c1-3-12-4-6-13(7-5-12)17-15(10-21)20-9-14(18)11(2)8-16(20)19-17/h4-9,21H,3,10H2,1-2H3. The van der Waals surface area contributed by atoms with Crippen molar-refractivity contribution in [3.05, 3.63) is 57.8 Å². The Bertz CT molecular complexity index is 791. The fourth-order valence-electron chi connectivity index (χ4n) is 2.49. The van der Waals surface area contributed by atoms with E-state index in [1.54, 1.807) is 0 Å². The van der Waals surface area contributed by atoms with Crippen LogP contribution in [-0.2, 0) is 13.0 Å². The highest BCUT2D eigenvalue weighted by Gasteiger charge is 2.14. The van der Waals surface area contributed by atoms with Crippen LogP contribution in [0.15, 0.2) is 41.0 Å². The van der Waals surface area contributed by atoms with Crippen LogP contribution >= 0.6 is 15.9 Å². The van der Waals surface area contributed by atoms with E-state index >= 15 is 0 Å². The summed E-state index contributed by atoms with van der Waals surface area (Å²) in [5, 5.41) is 9.75. The van der Waals surface area contributed by atoms with Gasteiger partial charge >= 0.3 is 0 Å². The summed E-state index contributed by atoms with van der Waals surface area (Å²) in [5.41, 5.74) is 5.98. The molecule has 3 aromatic rings. The van der Waals surface area contributed by atoms with Gasteiger partial charge < -0.3 is 5.11 Å². The summed E-state index contributed by atoms with van der Waals surface area (Å²) in [7, 11) is 0. The molecule has 3 rings (SSSR count). The third kappa shape index (κ3) is 2.49. The molecule has 21 heavy (non-hydrogen) atoms. The van der Waals surface area contributed by atoms with Crippen molar-refractivity contribution in [2.45, 2.75) is 26.9 Å². The lowest BCUT2D eigenvalue weighted by molar-refractivity contribution is 0.276. The molecule has 0 aliphatic heterocycles. The third-order valence-electron chi connectivity index (χ3n) is 3.79. The van der Waals surface area contributed by atoms with Gasteiger partial charge in [0.1, 0.15) is 5.65 Å². The molecule has 0 fully saturated rings. The maximum atomic E-state index is 9.75. The molecule has 2 aromatic heterocycles. The topological polar surface area (TPSA) is 37.5 Å². The zero-order valence-electron chi connectivity index (χ0n) is 12.1. The zero-order chi connectivity index (χ0) is 15.0. The third-order valence-corrected chi connectivity index (χ3v) is 4.62. The van der Waals surface area contributed by atoms with E-state index in [0.29, 0.717) is 0 Å². The summed E-state index contributed by atoms with van der Waals surface area (Å²) >= 11 is 3.53. The van der Waals surface area contributed by atoms with Crippen LogP contribution in [0.3, 0.4) is 0 Å². The Kier molecular flexibility index (Phi) is 3.83. The molecule has 0 saturated heterocycles. The fourth-order valence-corrected chi connectivity index (χ4v) is 2.81. The van der Waals surface area contributed by atoms with Crippen molar-refractivity contribution < 1.29 is 5.11 Å². The molecule has 0 aliphatic rings. The summed E-state index contributed by atoms with van der Waals surface area (Å²) in [4.78, 5) is 4.69. The molecular weight excluding hydrogens is 328 g/mol. The molecule has 1 N–H and O–H groups in total. The normalized spacial score (nSPS) is 11.2. The van der Waals surface area contributed by atoms with Crippen LogP contribution in [-0.4, -0.2) is 14.5 Å². The number of nitrogens with zero attached hydrogens (tertiary/aromatic N) is 2. The second kappa shape index (κ2) is 5.62. The molecule has 0 spiro atoms. The van der Waals surface area contributed by atoms with Crippen LogP contribution in [0.2, 0.25) is 0 Å². The van der Waals surface area contributed by atoms with E-state index in [1.165, 1.54) is 5.56 Å². The number of rotatable bonds is 3. The van der Waals surface area contributed by atoms with Gasteiger partial charge in [-0.2, -0.15) is 0 Å². The minimum Gasteiger partial charge on any atom is -0.390 e. The summed E-state index contributed by atoms with van der Waals surface area (Å²) < 4.78 is 2.95. The molecular formula is C17H17BrN2O. The minimum absolute atomic E-state index is 0.0401. The van der Waals surface area contributed by atoms with E-state index in [0.717, 1.165) is 39.1 Å². The fraction of sp³-hybridized carbons (Fsp3) is 0.235. The van der Waals surface area contributed by atoms with Gasteiger partial charge in [0.25, 0.3) is 0 Å². The van der Waals surface area contributed by atoms with E-state index in [9.17, 15) is 5.11 Å². The maximum absolute atomic E-state index is 9.75. The Balaban J connectivity index is 2.21. The van der Waals surface area contributed by atoms with Crippen LogP contribution < -0.4 is 0 Å². The van der Waals surface area contributed by atoms with Crippen LogP contribution in [0.25, 0.3) is 16.9 Å². The highest BCUT2D eigenvalue weighted by atomic mass is 79.9. The predicted octanol–water partition coefficient (Wildman–Crippen LogP) is 4.13. The Morgan fingerprint density at radius 3 is 2.57 bits per heavy atom. The zero-order valence-corrected chi connectivity index (χ0v) is 13.7. The van der Waals surface area contributed by atoms with E-state index in [4.69, 9.17) is 4.98 Å². The predicted molar refractivity (Wildman–Crippen MR) is 88.4 cm³/mol. The Morgan fingerprint density at radius 1 is 1.24 bits per heavy atom. The molecule has 0 bridgehead atoms. The molecule has 4 heteroatoms. The van der Waals surface area contributed by atoms with Crippen molar-refractivity contribution >= 4 is 21.6 Å². The first-order valence-electron chi connectivity index (χ1n) is 7.01. The molecule has 108 valence electrons. The Hall–Kier alpha value is -1.65. The molecule has 0 atom stereocenters. The molecule has 2 heterocycles. The van der Waals surface area contributed by atoms with Gasteiger partial charge in [0.15, 0.2) is 0 Å². The first-order chi connectivity index (χ1) is 10.1. The van der Waals surface area contributed by atoms with Crippen LogP contribution in [0, 0.1) is 6.92 Å². The Labute approximate surface area is 132 Å². The van der Waals surface area contributed by atoms with Crippen molar-refractivity contribution in [2.75, 3.05) is 0 Å².